The Morgan fingerprint density at radius 1 is 1.16 bits per heavy atom. The van der Waals surface area contributed by atoms with Gasteiger partial charge in [0.15, 0.2) is 5.82 Å². The third kappa shape index (κ3) is 4.12. The number of hydrogen-bond donors (Lipinski definition) is 0. The van der Waals surface area contributed by atoms with Gasteiger partial charge in [0.2, 0.25) is 5.88 Å². The predicted molar refractivity (Wildman–Crippen MR) is 123 cm³/mol. The summed E-state index contributed by atoms with van der Waals surface area (Å²) >= 11 is 6.23. The van der Waals surface area contributed by atoms with E-state index in [0.29, 0.717) is 5.88 Å². The van der Waals surface area contributed by atoms with Crippen molar-refractivity contribution < 1.29 is 4.74 Å². The van der Waals surface area contributed by atoms with Crippen LogP contribution in [0.4, 0.5) is 0 Å². The summed E-state index contributed by atoms with van der Waals surface area (Å²) < 4.78 is 9.52. The zero-order chi connectivity index (χ0) is 22.1. The van der Waals surface area contributed by atoms with Gasteiger partial charge in [-0.15, -0.1) is 0 Å². The van der Waals surface area contributed by atoms with E-state index < -0.39 is 0 Å². The van der Waals surface area contributed by atoms with Crippen LogP contribution in [0.1, 0.15) is 47.4 Å². The molecule has 1 atom stereocenters. The van der Waals surface area contributed by atoms with Gasteiger partial charge in [-0.25, -0.2) is 19.6 Å². The first kappa shape index (κ1) is 20.7. The molecular formula is C24H25ClN6O. The van der Waals surface area contributed by atoms with E-state index in [0.717, 1.165) is 66.0 Å². The minimum atomic E-state index is 0.236. The molecule has 0 amide bonds. The molecule has 0 fully saturated rings. The van der Waals surface area contributed by atoms with Crippen molar-refractivity contribution in [2.75, 3.05) is 7.11 Å². The summed E-state index contributed by atoms with van der Waals surface area (Å²) in [5.41, 5.74) is 3.97. The molecule has 0 spiro atoms. The number of benzene rings is 1. The maximum absolute atomic E-state index is 6.23. The molecular weight excluding hydrogens is 424 g/mol. The number of pyridine rings is 1. The monoisotopic (exact) mass is 448 g/mol. The minimum Gasteiger partial charge on any atom is -0.479 e. The van der Waals surface area contributed by atoms with Crippen molar-refractivity contribution in [1.82, 2.24) is 29.3 Å². The molecule has 0 aliphatic carbocycles. The number of hydrogen-bond acceptors (Lipinski definition) is 5. The first-order chi connectivity index (χ1) is 15.6. The summed E-state index contributed by atoms with van der Waals surface area (Å²) in [5.74, 6) is 2.70. The summed E-state index contributed by atoms with van der Waals surface area (Å²) in [4.78, 5) is 13.9. The minimum absolute atomic E-state index is 0.236. The molecule has 0 saturated heterocycles. The van der Waals surface area contributed by atoms with E-state index >= 15 is 0 Å². The second-order valence-corrected chi connectivity index (χ2v) is 8.55. The zero-order valence-electron chi connectivity index (χ0n) is 18.2. The van der Waals surface area contributed by atoms with Crippen LogP contribution in [0, 0.1) is 6.92 Å². The highest BCUT2D eigenvalue weighted by molar-refractivity contribution is 6.30. The first-order valence-electron chi connectivity index (χ1n) is 10.8. The molecule has 7 nitrogen and oxygen atoms in total. The number of halogens is 1. The number of methoxy groups -OCH3 is 1. The first-order valence-corrected chi connectivity index (χ1v) is 11.2. The molecule has 32 heavy (non-hydrogen) atoms. The van der Waals surface area contributed by atoms with Crippen LogP contribution in [-0.2, 0) is 19.4 Å². The molecule has 0 radical (unpaired) electrons. The van der Waals surface area contributed by atoms with Gasteiger partial charge in [0.05, 0.1) is 19.1 Å². The maximum Gasteiger partial charge on any atom is 0.238 e. The molecule has 0 saturated carbocycles. The second-order valence-electron chi connectivity index (χ2n) is 8.11. The summed E-state index contributed by atoms with van der Waals surface area (Å²) in [6.45, 7) is 2.86. The van der Waals surface area contributed by atoms with Crippen molar-refractivity contribution in [3.63, 3.8) is 0 Å². The highest BCUT2D eigenvalue weighted by Gasteiger charge is 2.26. The molecule has 0 N–H and O–H groups in total. The Kier molecular flexibility index (Phi) is 5.66. The third-order valence-electron chi connectivity index (χ3n) is 5.86. The summed E-state index contributed by atoms with van der Waals surface area (Å²) in [7, 11) is 1.64. The molecule has 4 aromatic rings. The molecule has 1 aromatic carbocycles. The molecule has 0 bridgehead atoms. The lowest BCUT2D eigenvalue weighted by Crippen LogP contribution is -2.17. The second kappa shape index (κ2) is 8.74. The summed E-state index contributed by atoms with van der Waals surface area (Å²) in [6, 6.07) is 12.1. The Balaban J connectivity index is 1.34. The smallest absolute Gasteiger partial charge is 0.238 e. The van der Waals surface area contributed by atoms with Crippen LogP contribution < -0.4 is 4.74 Å². The van der Waals surface area contributed by atoms with Gasteiger partial charge < -0.3 is 9.30 Å². The molecule has 8 heteroatoms. The predicted octanol–water partition coefficient (Wildman–Crippen LogP) is 4.54. The Bertz CT molecular complexity index is 1250. The molecule has 164 valence electrons. The Labute approximate surface area is 192 Å². The molecule has 3 aromatic heterocycles. The number of nitrogens with zero attached hydrogens (tertiary/aromatic N) is 6. The average molecular weight is 449 g/mol. The summed E-state index contributed by atoms with van der Waals surface area (Å²) in [6.07, 6.45) is 7.33. The van der Waals surface area contributed by atoms with Crippen LogP contribution in [0.15, 0.2) is 48.9 Å². The highest BCUT2D eigenvalue weighted by Crippen LogP contribution is 2.33. The topological polar surface area (TPSA) is 70.7 Å². The van der Waals surface area contributed by atoms with Crippen LogP contribution in [0.5, 0.6) is 5.88 Å². The SMILES string of the molecule is COc1nc(CCc2nc3n(n2)CCC[C@@H]3c2cccc(Cl)c2)ccc1-n1cnc(C)c1. The molecule has 1 aliphatic rings. The number of fused-ring (bicyclic) bond motifs is 1. The third-order valence-corrected chi connectivity index (χ3v) is 6.09. The van der Waals surface area contributed by atoms with Crippen LogP contribution >= 0.6 is 11.6 Å². The van der Waals surface area contributed by atoms with Crippen molar-refractivity contribution in [3.05, 3.63) is 82.5 Å². The molecule has 5 rings (SSSR count). The van der Waals surface area contributed by atoms with Gasteiger partial charge in [0, 0.05) is 35.8 Å². The van der Waals surface area contributed by atoms with Crippen molar-refractivity contribution in [1.29, 1.82) is 0 Å². The van der Waals surface area contributed by atoms with Crippen molar-refractivity contribution in [2.24, 2.45) is 0 Å². The van der Waals surface area contributed by atoms with E-state index in [1.54, 1.807) is 13.4 Å². The van der Waals surface area contributed by atoms with Crippen molar-refractivity contribution >= 4 is 11.6 Å². The number of ether oxygens (including phenoxy) is 1. The van der Waals surface area contributed by atoms with Crippen molar-refractivity contribution in [3.8, 4) is 11.6 Å². The van der Waals surface area contributed by atoms with E-state index in [4.69, 9.17) is 31.4 Å². The lowest BCUT2D eigenvalue weighted by Gasteiger charge is -2.22. The zero-order valence-corrected chi connectivity index (χ0v) is 19.0. The fraction of sp³-hybridized carbons (Fsp3) is 0.333. The van der Waals surface area contributed by atoms with Gasteiger partial charge in [-0.05, 0) is 56.0 Å². The fourth-order valence-electron chi connectivity index (χ4n) is 4.29. The van der Waals surface area contributed by atoms with Crippen LogP contribution in [0.25, 0.3) is 5.69 Å². The molecule has 1 aliphatic heterocycles. The van der Waals surface area contributed by atoms with Gasteiger partial charge in [0.1, 0.15) is 11.5 Å². The van der Waals surface area contributed by atoms with Crippen LogP contribution in [0.2, 0.25) is 5.02 Å². The standard InChI is InChI=1S/C24H25ClN6O/c1-16-14-30(15-26-16)21-10-8-19(27-24(21)32-2)9-11-22-28-23-20(7-4-12-31(23)29-22)17-5-3-6-18(25)13-17/h3,5-6,8,10,13-15,20H,4,7,9,11-12H2,1-2H3/t20-/m1/s1. The average Bonchev–Trinajstić information content (AvgIpc) is 3.43. The maximum atomic E-state index is 6.23. The highest BCUT2D eigenvalue weighted by atomic mass is 35.5. The fourth-order valence-corrected chi connectivity index (χ4v) is 4.49. The lowest BCUT2D eigenvalue weighted by atomic mass is 9.91. The number of imidazole rings is 1. The lowest BCUT2D eigenvalue weighted by molar-refractivity contribution is 0.394. The van der Waals surface area contributed by atoms with Gasteiger partial charge in [-0.3, -0.25) is 0 Å². The summed E-state index contributed by atoms with van der Waals surface area (Å²) in [5, 5.41) is 5.53. The van der Waals surface area contributed by atoms with E-state index in [1.165, 1.54) is 5.56 Å². The van der Waals surface area contributed by atoms with Crippen LogP contribution in [0.3, 0.4) is 0 Å². The number of rotatable bonds is 6. The quantitative estimate of drug-likeness (QED) is 0.433. The Morgan fingerprint density at radius 3 is 2.84 bits per heavy atom. The van der Waals surface area contributed by atoms with Gasteiger partial charge in [-0.1, -0.05) is 23.7 Å². The van der Waals surface area contributed by atoms with Gasteiger partial charge in [0.25, 0.3) is 0 Å². The normalized spacial score (nSPS) is 15.5. The number of aryl methyl sites for hydroxylation is 4. The van der Waals surface area contributed by atoms with E-state index in [1.807, 2.05) is 48.0 Å². The van der Waals surface area contributed by atoms with Gasteiger partial charge in [-0.2, -0.15) is 5.10 Å². The Morgan fingerprint density at radius 2 is 2.06 bits per heavy atom. The van der Waals surface area contributed by atoms with Crippen molar-refractivity contribution in [2.45, 2.75) is 45.1 Å². The van der Waals surface area contributed by atoms with E-state index in [2.05, 4.69) is 15.7 Å². The molecule has 0 unspecified atom stereocenters. The van der Waals surface area contributed by atoms with Gasteiger partial charge >= 0.3 is 0 Å². The van der Waals surface area contributed by atoms with Crippen LogP contribution in [-0.4, -0.2) is 36.4 Å². The largest absolute Gasteiger partial charge is 0.479 e. The number of aromatic nitrogens is 6. The van der Waals surface area contributed by atoms with E-state index in [9.17, 15) is 0 Å². The Hall–Kier alpha value is -3.19. The van der Waals surface area contributed by atoms with E-state index in [-0.39, 0.29) is 5.92 Å². The molecule has 4 heterocycles.